The van der Waals surface area contributed by atoms with E-state index in [1.54, 1.807) is 12.0 Å². The highest BCUT2D eigenvalue weighted by Gasteiger charge is 2.28. The fourth-order valence-corrected chi connectivity index (χ4v) is 5.46. The normalized spacial score (nSPS) is 13.8. The van der Waals surface area contributed by atoms with Crippen LogP contribution in [-0.2, 0) is 11.3 Å². The van der Waals surface area contributed by atoms with Gasteiger partial charge in [0.25, 0.3) is 0 Å². The maximum atomic E-state index is 12.7. The monoisotopic (exact) mass is 617 g/mol. The minimum Gasteiger partial charge on any atom is -0.497 e. The van der Waals surface area contributed by atoms with Crippen molar-refractivity contribution < 1.29 is 14.3 Å². The van der Waals surface area contributed by atoms with Gasteiger partial charge in [-0.05, 0) is 75.2 Å². The van der Waals surface area contributed by atoms with Crippen molar-refractivity contribution in [3.63, 3.8) is 0 Å². The third kappa shape index (κ3) is 7.01. The topological polar surface area (TPSA) is 98.5 Å². The van der Waals surface area contributed by atoms with E-state index in [9.17, 15) is 4.79 Å². The Morgan fingerprint density at radius 3 is 2.35 bits per heavy atom. The lowest BCUT2D eigenvalue weighted by atomic mass is 10.1. The summed E-state index contributed by atoms with van der Waals surface area (Å²) < 4.78 is 12.9. The zero-order valence-electron chi connectivity index (χ0n) is 27.0. The molecule has 10 nitrogen and oxygen atoms in total. The number of piperazine rings is 1. The van der Waals surface area contributed by atoms with Crippen LogP contribution in [0.25, 0.3) is 34.4 Å². The molecule has 46 heavy (non-hydrogen) atoms. The molecule has 0 aliphatic carbocycles. The van der Waals surface area contributed by atoms with Gasteiger partial charge < -0.3 is 19.3 Å². The van der Waals surface area contributed by atoms with Crippen molar-refractivity contribution in [2.45, 2.75) is 39.8 Å². The van der Waals surface area contributed by atoms with E-state index in [0.29, 0.717) is 44.2 Å². The summed E-state index contributed by atoms with van der Waals surface area (Å²) in [5.74, 6) is 2.09. The summed E-state index contributed by atoms with van der Waals surface area (Å²) in [5.41, 5.74) is 5.15. The second-order valence-electron chi connectivity index (χ2n) is 12.4. The fraction of sp³-hybridized carbons (Fsp3) is 0.306. The zero-order chi connectivity index (χ0) is 32.3. The number of nitrogens with zero attached hydrogens (tertiary/aromatic N) is 7. The van der Waals surface area contributed by atoms with Crippen molar-refractivity contribution in [3.05, 3.63) is 95.3 Å². The summed E-state index contributed by atoms with van der Waals surface area (Å²) in [6.45, 7) is 10.5. The van der Waals surface area contributed by atoms with Crippen LogP contribution in [0, 0.1) is 6.92 Å². The third-order valence-corrected chi connectivity index (χ3v) is 7.84. The molecule has 0 unspecified atom stereocenters. The van der Waals surface area contributed by atoms with E-state index < -0.39 is 5.60 Å². The van der Waals surface area contributed by atoms with Crippen LogP contribution < -0.4 is 9.64 Å². The van der Waals surface area contributed by atoms with Gasteiger partial charge in [0, 0.05) is 37.1 Å². The molecule has 1 aliphatic rings. The number of anilines is 1. The van der Waals surface area contributed by atoms with Crippen molar-refractivity contribution in [3.8, 4) is 17.1 Å². The predicted octanol–water partition coefficient (Wildman–Crippen LogP) is 6.48. The highest BCUT2D eigenvalue weighted by Crippen LogP contribution is 2.28. The number of benzene rings is 3. The van der Waals surface area contributed by atoms with Crippen molar-refractivity contribution in [1.29, 1.82) is 0 Å². The Morgan fingerprint density at radius 2 is 1.65 bits per heavy atom. The maximum Gasteiger partial charge on any atom is 0.410 e. The molecule has 0 N–H and O–H groups in total. The van der Waals surface area contributed by atoms with Crippen LogP contribution in [0.1, 0.15) is 43.3 Å². The first-order valence-corrected chi connectivity index (χ1v) is 15.5. The Balaban J connectivity index is 1.29. The number of aryl methyl sites for hydroxylation is 1. The Morgan fingerprint density at radius 1 is 0.913 bits per heavy atom. The first-order valence-electron chi connectivity index (χ1n) is 15.5. The molecule has 0 saturated carbocycles. The second-order valence-corrected chi connectivity index (χ2v) is 12.4. The number of ether oxygens (including phenoxy) is 2. The standard InChI is InChI=1S/C36H39N7O3/c1-25-30-23-28(14-18-32(30)43(40-25)24-27-11-15-29(45-5)16-12-27)33-37-34(31(38-39-33)17-13-26-9-7-6-8-10-26)41-19-21-42(22-20-41)35(44)46-36(2,3)4/h6-18,23H,19-22,24H2,1-5H3. The Bertz CT molecular complexity index is 1850. The molecule has 5 aromatic rings. The zero-order valence-corrected chi connectivity index (χ0v) is 27.0. The smallest absolute Gasteiger partial charge is 0.410 e. The number of aromatic nitrogens is 5. The Labute approximate surface area is 269 Å². The SMILES string of the molecule is COc1ccc(Cn2nc(C)c3cc(-c4nnc(C=Cc5ccccc5)c(N5CCN(C(=O)OC(C)(C)C)CC5)n4)ccc32)cc1. The number of carbonyl (C=O) groups is 1. The number of hydrogen-bond donors (Lipinski definition) is 0. The molecule has 0 spiro atoms. The molecule has 2 aromatic heterocycles. The minimum atomic E-state index is -0.541. The molecule has 3 aromatic carbocycles. The molecule has 236 valence electrons. The average Bonchev–Trinajstić information content (AvgIpc) is 3.37. The van der Waals surface area contributed by atoms with Crippen LogP contribution in [0.2, 0.25) is 0 Å². The van der Waals surface area contributed by atoms with Crippen molar-refractivity contribution in [2.24, 2.45) is 0 Å². The van der Waals surface area contributed by atoms with Crippen LogP contribution in [0.15, 0.2) is 72.8 Å². The lowest BCUT2D eigenvalue weighted by molar-refractivity contribution is 0.0240. The molecule has 10 heteroatoms. The highest BCUT2D eigenvalue weighted by atomic mass is 16.6. The van der Waals surface area contributed by atoms with Gasteiger partial charge >= 0.3 is 6.09 Å². The second kappa shape index (κ2) is 13.0. The number of fused-ring (bicyclic) bond motifs is 1. The van der Waals surface area contributed by atoms with Gasteiger partial charge in [-0.25, -0.2) is 9.78 Å². The molecule has 0 radical (unpaired) electrons. The van der Waals surface area contributed by atoms with E-state index in [4.69, 9.17) is 19.6 Å². The van der Waals surface area contributed by atoms with Gasteiger partial charge in [0.2, 0.25) is 0 Å². The van der Waals surface area contributed by atoms with E-state index in [2.05, 4.69) is 39.4 Å². The van der Waals surface area contributed by atoms with Crippen LogP contribution >= 0.6 is 0 Å². The molecule has 1 amide bonds. The van der Waals surface area contributed by atoms with E-state index in [-0.39, 0.29) is 6.09 Å². The van der Waals surface area contributed by atoms with Crippen LogP contribution in [0.3, 0.4) is 0 Å². The van der Waals surface area contributed by atoms with E-state index in [1.165, 1.54) is 0 Å². The lowest BCUT2D eigenvalue weighted by Gasteiger charge is -2.36. The van der Waals surface area contributed by atoms with Gasteiger partial charge in [-0.2, -0.15) is 5.10 Å². The number of hydrogen-bond acceptors (Lipinski definition) is 8. The van der Waals surface area contributed by atoms with Gasteiger partial charge in [-0.3, -0.25) is 4.68 Å². The summed E-state index contributed by atoms with van der Waals surface area (Å²) in [5, 5.41) is 15.1. The number of rotatable bonds is 7. The summed E-state index contributed by atoms with van der Waals surface area (Å²) in [7, 11) is 1.67. The van der Waals surface area contributed by atoms with Gasteiger partial charge in [-0.15, -0.1) is 10.2 Å². The van der Waals surface area contributed by atoms with Crippen molar-refractivity contribution in [1.82, 2.24) is 29.9 Å². The summed E-state index contributed by atoms with van der Waals surface area (Å²) in [6, 6.07) is 24.3. The first-order chi connectivity index (χ1) is 22.2. The molecule has 6 rings (SSSR count). The number of methoxy groups -OCH3 is 1. The molecule has 0 bridgehead atoms. The number of amides is 1. The highest BCUT2D eigenvalue weighted by molar-refractivity contribution is 5.86. The third-order valence-electron chi connectivity index (χ3n) is 7.84. The van der Waals surface area contributed by atoms with E-state index >= 15 is 0 Å². The van der Waals surface area contributed by atoms with Gasteiger partial charge in [0.05, 0.1) is 24.9 Å². The fourth-order valence-electron chi connectivity index (χ4n) is 5.46. The van der Waals surface area contributed by atoms with E-state index in [0.717, 1.165) is 44.9 Å². The molecular formula is C36H39N7O3. The lowest BCUT2D eigenvalue weighted by Crippen LogP contribution is -2.50. The molecule has 1 fully saturated rings. The molecule has 1 saturated heterocycles. The van der Waals surface area contributed by atoms with Crippen molar-refractivity contribution in [2.75, 3.05) is 38.2 Å². The van der Waals surface area contributed by atoms with Crippen LogP contribution in [0.4, 0.5) is 10.6 Å². The van der Waals surface area contributed by atoms with Crippen LogP contribution in [0.5, 0.6) is 5.75 Å². The van der Waals surface area contributed by atoms with Gasteiger partial charge in [-0.1, -0.05) is 48.5 Å². The maximum absolute atomic E-state index is 12.7. The largest absolute Gasteiger partial charge is 0.497 e. The average molecular weight is 618 g/mol. The van der Waals surface area contributed by atoms with Gasteiger partial charge in [0.15, 0.2) is 11.6 Å². The van der Waals surface area contributed by atoms with Gasteiger partial charge in [0.1, 0.15) is 17.0 Å². The molecular weight excluding hydrogens is 578 g/mol. The van der Waals surface area contributed by atoms with E-state index in [1.807, 2.05) is 93.1 Å². The first kappa shape index (κ1) is 30.8. The molecule has 3 heterocycles. The summed E-state index contributed by atoms with van der Waals surface area (Å²) >= 11 is 0. The predicted molar refractivity (Wildman–Crippen MR) is 181 cm³/mol. The minimum absolute atomic E-state index is 0.297. The number of carbonyl (C=O) groups excluding carboxylic acids is 1. The Kier molecular flexibility index (Phi) is 8.70. The summed E-state index contributed by atoms with van der Waals surface area (Å²) in [6.07, 6.45) is 3.66. The molecule has 0 atom stereocenters. The Hall–Kier alpha value is -5.25. The molecule has 1 aliphatic heterocycles. The van der Waals surface area contributed by atoms with Crippen molar-refractivity contribution >= 4 is 35.0 Å². The quantitative estimate of drug-likeness (QED) is 0.205. The van der Waals surface area contributed by atoms with Crippen LogP contribution in [-0.4, -0.2) is 74.8 Å². The summed E-state index contributed by atoms with van der Waals surface area (Å²) in [4.78, 5) is 21.7.